The predicted octanol–water partition coefficient (Wildman–Crippen LogP) is 3.43. The van der Waals surface area contributed by atoms with Gasteiger partial charge >= 0.3 is 6.61 Å². The molecule has 0 radical (unpaired) electrons. The molecule has 0 atom stereocenters. The molecule has 2 rings (SSSR count). The number of phenolic OH excluding ortho intramolecular Hbond substituents is 1. The van der Waals surface area contributed by atoms with Crippen molar-refractivity contribution in [2.45, 2.75) is 20.0 Å². The molecule has 150 valence electrons. The summed E-state index contributed by atoms with van der Waals surface area (Å²) in [6.07, 6.45) is 2.02. The van der Waals surface area contributed by atoms with E-state index in [1.165, 1.54) is 6.92 Å². The highest BCUT2D eigenvalue weighted by Gasteiger charge is 2.22. The van der Waals surface area contributed by atoms with E-state index in [4.69, 9.17) is 23.2 Å². The Morgan fingerprint density at radius 3 is 2.43 bits per heavy atom. The van der Waals surface area contributed by atoms with Crippen LogP contribution in [0.3, 0.4) is 0 Å². The summed E-state index contributed by atoms with van der Waals surface area (Å²) in [5, 5.41) is 21.3. The Bertz CT molecular complexity index is 969. The monoisotopic (exact) mass is 435 g/mol. The molecule has 0 aliphatic carbocycles. The lowest BCUT2D eigenvalue weighted by atomic mass is 10.1. The van der Waals surface area contributed by atoms with Gasteiger partial charge in [-0.25, -0.2) is 4.99 Å². The molecular weight excluding hydrogens is 423 g/mol. The number of benzene rings is 1. The molecule has 28 heavy (non-hydrogen) atoms. The number of ether oxygens (including phenoxy) is 1. The number of phenols is 1. The number of amides is 2. The van der Waals surface area contributed by atoms with Gasteiger partial charge in [0.1, 0.15) is 11.0 Å². The van der Waals surface area contributed by atoms with Gasteiger partial charge in [-0.05, 0) is 12.1 Å². The van der Waals surface area contributed by atoms with Crippen molar-refractivity contribution < 1.29 is 33.4 Å². The van der Waals surface area contributed by atoms with Gasteiger partial charge in [-0.2, -0.15) is 13.5 Å². The molecule has 1 heterocycles. The molecule has 8 nitrogen and oxygen atoms in total. The van der Waals surface area contributed by atoms with E-state index in [0.717, 1.165) is 24.5 Å². The number of nitrogens with zero attached hydrogens (tertiary/aromatic N) is 2. The molecule has 1 aromatic carbocycles. The average molecular weight is 436 g/mol. The van der Waals surface area contributed by atoms with Gasteiger partial charge in [-0.3, -0.25) is 9.59 Å². The van der Waals surface area contributed by atoms with E-state index in [1.807, 2.05) is 0 Å². The second kappa shape index (κ2) is 8.89. The van der Waals surface area contributed by atoms with E-state index in [-0.39, 0.29) is 21.8 Å². The van der Waals surface area contributed by atoms with Crippen LogP contribution in [0.4, 0.5) is 14.5 Å². The molecule has 0 saturated heterocycles. The number of rotatable bonds is 5. The fraction of sp³-hybridized carbons (Fsp3) is 0.188. The van der Waals surface area contributed by atoms with Crippen LogP contribution in [0, 0.1) is 0 Å². The van der Waals surface area contributed by atoms with Crippen molar-refractivity contribution in [3.05, 3.63) is 45.5 Å². The summed E-state index contributed by atoms with van der Waals surface area (Å²) in [7, 11) is 0. The molecule has 0 bridgehead atoms. The van der Waals surface area contributed by atoms with Crippen LogP contribution in [0.5, 0.6) is 11.5 Å². The van der Waals surface area contributed by atoms with E-state index in [1.54, 1.807) is 0 Å². The lowest BCUT2D eigenvalue weighted by Crippen LogP contribution is -2.15. The van der Waals surface area contributed by atoms with Crippen LogP contribution in [0.2, 0.25) is 10.0 Å². The van der Waals surface area contributed by atoms with Crippen molar-refractivity contribution in [2.24, 2.45) is 4.99 Å². The van der Waals surface area contributed by atoms with Gasteiger partial charge in [0, 0.05) is 6.42 Å². The van der Waals surface area contributed by atoms with E-state index in [2.05, 4.69) is 15.0 Å². The van der Waals surface area contributed by atoms with Crippen molar-refractivity contribution >= 4 is 40.7 Å². The lowest BCUT2D eigenvalue weighted by Gasteiger charge is -2.14. The molecule has 0 aliphatic rings. The zero-order valence-corrected chi connectivity index (χ0v) is 15.6. The Labute approximate surface area is 166 Å². The molecule has 12 heteroatoms. The van der Waals surface area contributed by atoms with Crippen molar-refractivity contribution in [3.8, 4) is 11.5 Å². The number of alkyl halides is 2. The van der Waals surface area contributed by atoms with Gasteiger partial charge in [0.25, 0.3) is 5.91 Å². The fourth-order valence-corrected chi connectivity index (χ4v) is 2.60. The summed E-state index contributed by atoms with van der Waals surface area (Å²) in [6, 6.07) is 1.95. The third-order valence-corrected chi connectivity index (χ3v) is 3.88. The molecular formula is C16H13Cl2F2N3O5. The largest absolute Gasteiger partial charge is 0.505 e. The summed E-state index contributed by atoms with van der Waals surface area (Å²) in [5.41, 5.74) is -0.937. The highest BCUT2D eigenvalue weighted by atomic mass is 35.5. The summed E-state index contributed by atoms with van der Waals surface area (Å²) in [4.78, 5) is 27.8. The highest BCUT2D eigenvalue weighted by Crippen LogP contribution is 2.38. The smallest absolute Gasteiger partial charge is 0.387 e. The SMILES string of the molecule is CCC(=O)Nc1c(OC(F)F)ccc(C(=O)N=c2c(Cl)cn(O)cc2Cl)c1O. The first-order valence-electron chi connectivity index (χ1n) is 7.60. The Balaban J connectivity index is 2.57. The molecule has 1 aromatic heterocycles. The molecule has 0 fully saturated rings. The number of carbonyl (C=O) groups is 2. The van der Waals surface area contributed by atoms with E-state index < -0.39 is 41.2 Å². The molecule has 0 unspecified atom stereocenters. The van der Waals surface area contributed by atoms with E-state index in [9.17, 15) is 28.7 Å². The number of hydrogen-bond donors (Lipinski definition) is 3. The predicted molar refractivity (Wildman–Crippen MR) is 95.2 cm³/mol. The van der Waals surface area contributed by atoms with E-state index in [0.29, 0.717) is 4.73 Å². The fourth-order valence-electron chi connectivity index (χ4n) is 2.06. The number of aromatic hydroxyl groups is 1. The number of hydrogen-bond acceptors (Lipinski definition) is 5. The molecule has 3 N–H and O–H groups in total. The lowest BCUT2D eigenvalue weighted by molar-refractivity contribution is -0.116. The van der Waals surface area contributed by atoms with Crippen LogP contribution in [-0.2, 0) is 4.79 Å². The minimum atomic E-state index is -3.23. The van der Waals surface area contributed by atoms with Crippen molar-refractivity contribution in [1.29, 1.82) is 0 Å². The van der Waals surface area contributed by atoms with Gasteiger partial charge in [0.15, 0.2) is 11.5 Å². The topological polar surface area (TPSA) is 113 Å². The quantitative estimate of drug-likeness (QED) is 0.491. The first-order valence-corrected chi connectivity index (χ1v) is 8.35. The third kappa shape index (κ3) is 4.90. The number of nitrogens with one attached hydrogen (secondary N) is 1. The first-order chi connectivity index (χ1) is 13.1. The third-order valence-electron chi connectivity index (χ3n) is 3.33. The summed E-state index contributed by atoms with van der Waals surface area (Å²) in [6.45, 7) is -1.73. The number of aromatic nitrogens is 1. The zero-order valence-electron chi connectivity index (χ0n) is 14.1. The number of pyridine rings is 1. The Hall–Kier alpha value is -2.85. The van der Waals surface area contributed by atoms with Crippen molar-refractivity contribution in [1.82, 2.24) is 4.73 Å². The standard InChI is InChI=1S/C16H13Cl2F2N3O5/c1-2-11(24)21-13-10(28-16(19)20)4-3-7(14(13)25)15(26)22-12-8(17)5-23(27)6-9(12)18/h3-6,16,25,27H,2H2,1H3,(H,21,24). The summed E-state index contributed by atoms with van der Waals surface area (Å²) >= 11 is 11.7. The second-order valence-corrected chi connectivity index (χ2v) is 6.03. The zero-order chi connectivity index (χ0) is 21.0. The normalized spacial score (nSPS) is 10.6. The van der Waals surface area contributed by atoms with Crippen molar-refractivity contribution in [3.63, 3.8) is 0 Å². The van der Waals surface area contributed by atoms with Gasteiger partial charge in [-0.15, -0.1) is 0 Å². The number of carbonyl (C=O) groups excluding carboxylic acids is 2. The first kappa shape index (κ1) is 21.5. The molecule has 0 saturated carbocycles. The van der Waals surface area contributed by atoms with Crippen LogP contribution < -0.4 is 15.4 Å². The Morgan fingerprint density at radius 1 is 1.29 bits per heavy atom. The van der Waals surface area contributed by atoms with Crippen LogP contribution >= 0.6 is 23.2 Å². The Morgan fingerprint density at radius 2 is 1.89 bits per heavy atom. The van der Waals surface area contributed by atoms with Gasteiger partial charge in [0.2, 0.25) is 5.91 Å². The second-order valence-electron chi connectivity index (χ2n) is 5.21. The minimum Gasteiger partial charge on any atom is -0.505 e. The molecule has 0 aliphatic heterocycles. The summed E-state index contributed by atoms with van der Waals surface area (Å²) in [5.74, 6) is -3.01. The van der Waals surface area contributed by atoms with E-state index >= 15 is 0 Å². The van der Waals surface area contributed by atoms with Crippen LogP contribution in [0.1, 0.15) is 23.7 Å². The van der Waals surface area contributed by atoms with Crippen LogP contribution in [0.15, 0.2) is 29.5 Å². The van der Waals surface area contributed by atoms with Crippen LogP contribution in [-0.4, -0.2) is 33.5 Å². The Kier molecular flexibility index (Phi) is 6.81. The maximum Gasteiger partial charge on any atom is 0.387 e. The maximum absolute atomic E-state index is 12.6. The van der Waals surface area contributed by atoms with Crippen molar-refractivity contribution in [2.75, 3.05) is 5.32 Å². The van der Waals surface area contributed by atoms with Gasteiger partial charge < -0.3 is 20.4 Å². The number of halogens is 4. The average Bonchev–Trinajstić information content (AvgIpc) is 2.60. The minimum absolute atomic E-state index is 0.0213. The van der Waals surface area contributed by atoms with Gasteiger partial charge in [-0.1, -0.05) is 30.1 Å². The summed E-state index contributed by atoms with van der Waals surface area (Å²) < 4.78 is 29.9. The molecule has 2 aromatic rings. The highest BCUT2D eigenvalue weighted by molar-refractivity contribution is 6.34. The number of anilines is 1. The molecule has 2 amide bonds. The van der Waals surface area contributed by atoms with Crippen LogP contribution in [0.25, 0.3) is 0 Å². The van der Waals surface area contributed by atoms with Gasteiger partial charge in [0.05, 0.1) is 28.0 Å². The maximum atomic E-state index is 12.6. The molecule has 0 spiro atoms.